The van der Waals surface area contributed by atoms with E-state index in [4.69, 9.17) is 20.8 Å². The second kappa shape index (κ2) is 8.23. The summed E-state index contributed by atoms with van der Waals surface area (Å²) in [5.41, 5.74) is 1.93. The van der Waals surface area contributed by atoms with Gasteiger partial charge < -0.3 is 9.15 Å². The number of hydrogen-bond donors (Lipinski definition) is 0. The first kappa shape index (κ1) is 18.9. The molecule has 0 saturated heterocycles. The molecule has 2 aromatic rings. The topological polar surface area (TPSA) is 59.8 Å². The van der Waals surface area contributed by atoms with E-state index in [0.29, 0.717) is 42.6 Å². The Kier molecular flexibility index (Phi) is 5.99. The monoisotopic (exact) mass is 377 g/mol. The molecule has 0 amide bonds. The van der Waals surface area contributed by atoms with E-state index in [1.165, 1.54) is 18.9 Å². The number of aryl methyl sites for hydroxylation is 1. The molecule has 0 N–H and O–H groups in total. The molecule has 1 aromatic carbocycles. The van der Waals surface area contributed by atoms with Gasteiger partial charge in [-0.1, -0.05) is 11.6 Å². The third-order valence-corrected chi connectivity index (χ3v) is 5.06. The molecule has 0 aliphatic heterocycles. The Morgan fingerprint density at radius 3 is 2.81 bits per heavy atom. The van der Waals surface area contributed by atoms with E-state index in [1.807, 2.05) is 13.0 Å². The second-order valence-corrected chi connectivity index (χ2v) is 7.33. The number of fused-ring (bicyclic) bond motifs is 1. The van der Waals surface area contributed by atoms with Gasteiger partial charge in [0.2, 0.25) is 0 Å². The van der Waals surface area contributed by atoms with E-state index < -0.39 is 0 Å². The zero-order valence-electron chi connectivity index (χ0n) is 15.2. The number of hydrogen-bond acceptors (Lipinski definition) is 5. The number of carbonyl (C=O) groups is 1. The Morgan fingerprint density at radius 1 is 1.35 bits per heavy atom. The van der Waals surface area contributed by atoms with Gasteiger partial charge in [0.25, 0.3) is 0 Å². The fourth-order valence-corrected chi connectivity index (χ4v) is 3.27. The average molecular weight is 378 g/mol. The van der Waals surface area contributed by atoms with Crippen molar-refractivity contribution in [3.05, 3.63) is 44.8 Å². The maximum atomic E-state index is 12.0. The quantitative estimate of drug-likeness (QED) is 0.515. The molecule has 0 bridgehead atoms. The Balaban J connectivity index is 1.84. The minimum Gasteiger partial charge on any atom is -0.466 e. The number of halogens is 1. The van der Waals surface area contributed by atoms with Crippen LogP contribution in [0.5, 0.6) is 0 Å². The van der Waals surface area contributed by atoms with Crippen LogP contribution in [-0.4, -0.2) is 30.6 Å². The second-order valence-electron chi connectivity index (χ2n) is 6.92. The summed E-state index contributed by atoms with van der Waals surface area (Å²) < 4.78 is 10.4. The molecule has 0 unspecified atom stereocenters. The lowest BCUT2D eigenvalue weighted by Gasteiger charge is -2.22. The molecule has 26 heavy (non-hydrogen) atoms. The van der Waals surface area contributed by atoms with Gasteiger partial charge in [0.1, 0.15) is 5.58 Å². The number of rotatable bonds is 8. The summed E-state index contributed by atoms with van der Waals surface area (Å²) in [6.07, 6.45) is 2.79. The Labute approximate surface area is 157 Å². The molecule has 6 heteroatoms. The first-order valence-corrected chi connectivity index (χ1v) is 9.45. The molecular formula is C20H24ClNO4. The molecule has 0 atom stereocenters. The normalized spacial score (nSPS) is 14.2. The van der Waals surface area contributed by atoms with E-state index >= 15 is 0 Å². The maximum absolute atomic E-state index is 12.0. The standard InChI is InChI=1S/C20H24ClNO4/c1-3-25-19(23)6-7-22(11-14-4-5-14)12-15-9-20(24)26-18-8-13(2)17(21)10-16(15)18/h8-10,14H,3-7,11-12H2,1-2H3. The van der Waals surface area contributed by atoms with Gasteiger partial charge >= 0.3 is 11.6 Å². The predicted molar refractivity (Wildman–Crippen MR) is 101 cm³/mol. The smallest absolute Gasteiger partial charge is 0.336 e. The van der Waals surface area contributed by atoms with Crippen LogP contribution >= 0.6 is 11.6 Å². The molecule has 1 saturated carbocycles. The molecule has 140 valence electrons. The van der Waals surface area contributed by atoms with Gasteiger partial charge in [-0.2, -0.15) is 0 Å². The molecule has 5 nitrogen and oxygen atoms in total. The van der Waals surface area contributed by atoms with Gasteiger partial charge in [0.15, 0.2) is 0 Å². The summed E-state index contributed by atoms with van der Waals surface area (Å²) >= 11 is 6.27. The highest BCUT2D eigenvalue weighted by Gasteiger charge is 2.25. The predicted octanol–water partition coefficient (Wildman–Crippen LogP) is 3.92. The van der Waals surface area contributed by atoms with Crippen LogP contribution in [0.1, 0.15) is 37.3 Å². The molecule has 1 aromatic heterocycles. The zero-order chi connectivity index (χ0) is 18.7. The first-order chi connectivity index (χ1) is 12.5. The zero-order valence-corrected chi connectivity index (χ0v) is 16.0. The number of carbonyl (C=O) groups excluding carboxylic acids is 1. The van der Waals surface area contributed by atoms with Gasteiger partial charge in [0.05, 0.1) is 13.0 Å². The van der Waals surface area contributed by atoms with Crippen molar-refractivity contribution >= 4 is 28.5 Å². The Morgan fingerprint density at radius 2 is 2.12 bits per heavy atom. The summed E-state index contributed by atoms with van der Waals surface area (Å²) in [5.74, 6) is 0.485. The van der Waals surface area contributed by atoms with Crippen LogP contribution in [0.25, 0.3) is 11.0 Å². The van der Waals surface area contributed by atoms with Gasteiger partial charge in [-0.25, -0.2) is 4.79 Å². The van der Waals surface area contributed by atoms with E-state index in [0.717, 1.165) is 23.1 Å². The minimum absolute atomic E-state index is 0.190. The third kappa shape index (κ3) is 4.86. The van der Waals surface area contributed by atoms with E-state index in [2.05, 4.69) is 4.90 Å². The van der Waals surface area contributed by atoms with Crippen LogP contribution in [0.15, 0.2) is 27.4 Å². The van der Waals surface area contributed by atoms with Crippen molar-refractivity contribution in [2.24, 2.45) is 5.92 Å². The summed E-state index contributed by atoms with van der Waals surface area (Å²) in [7, 11) is 0. The van der Waals surface area contributed by atoms with Gasteiger partial charge in [-0.3, -0.25) is 9.69 Å². The van der Waals surface area contributed by atoms with Crippen LogP contribution in [0.4, 0.5) is 0 Å². The largest absolute Gasteiger partial charge is 0.466 e. The molecule has 1 aliphatic rings. The molecule has 3 rings (SSSR count). The first-order valence-electron chi connectivity index (χ1n) is 9.07. The number of esters is 1. The average Bonchev–Trinajstić information content (AvgIpc) is 3.39. The molecular weight excluding hydrogens is 354 g/mol. The summed E-state index contributed by atoms with van der Waals surface area (Å²) in [6, 6.07) is 5.18. The van der Waals surface area contributed by atoms with Crippen LogP contribution in [-0.2, 0) is 16.1 Å². The van der Waals surface area contributed by atoms with Crippen LogP contribution in [0.2, 0.25) is 5.02 Å². The Bertz CT molecular complexity index is 857. The van der Waals surface area contributed by atoms with Crippen LogP contribution < -0.4 is 5.63 Å². The van der Waals surface area contributed by atoms with Crippen molar-refractivity contribution in [1.82, 2.24) is 4.90 Å². The third-order valence-electron chi connectivity index (χ3n) is 4.65. The lowest BCUT2D eigenvalue weighted by atomic mass is 10.1. The highest BCUT2D eigenvalue weighted by atomic mass is 35.5. The van der Waals surface area contributed by atoms with Gasteiger partial charge in [0, 0.05) is 36.1 Å². The molecule has 0 radical (unpaired) electrons. The SMILES string of the molecule is CCOC(=O)CCN(Cc1cc(=O)oc2cc(C)c(Cl)cc12)CC1CC1. The van der Waals surface area contributed by atoms with E-state index in [-0.39, 0.29) is 11.6 Å². The molecule has 0 spiro atoms. The molecule has 1 aliphatic carbocycles. The number of benzene rings is 1. The van der Waals surface area contributed by atoms with Crippen molar-refractivity contribution in [2.75, 3.05) is 19.7 Å². The summed E-state index contributed by atoms with van der Waals surface area (Å²) in [4.78, 5) is 25.9. The molecule has 1 heterocycles. The Hall–Kier alpha value is -1.85. The summed E-state index contributed by atoms with van der Waals surface area (Å²) in [6.45, 7) is 6.19. The van der Waals surface area contributed by atoms with Crippen molar-refractivity contribution in [2.45, 2.75) is 39.7 Å². The van der Waals surface area contributed by atoms with E-state index in [1.54, 1.807) is 13.0 Å². The van der Waals surface area contributed by atoms with Crippen LogP contribution in [0.3, 0.4) is 0 Å². The highest BCUT2D eigenvalue weighted by molar-refractivity contribution is 6.32. The van der Waals surface area contributed by atoms with Gasteiger partial charge in [-0.05, 0) is 55.9 Å². The summed E-state index contributed by atoms with van der Waals surface area (Å²) in [5, 5.41) is 1.49. The van der Waals surface area contributed by atoms with Crippen molar-refractivity contribution < 1.29 is 13.9 Å². The highest BCUT2D eigenvalue weighted by Crippen LogP contribution is 2.31. The lowest BCUT2D eigenvalue weighted by molar-refractivity contribution is -0.143. The number of nitrogens with zero attached hydrogens (tertiary/aromatic N) is 1. The number of ether oxygens (including phenoxy) is 1. The van der Waals surface area contributed by atoms with Crippen molar-refractivity contribution in [1.29, 1.82) is 0 Å². The minimum atomic E-state index is -0.369. The van der Waals surface area contributed by atoms with Crippen LogP contribution in [0, 0.1) is 12.8 Å². The fraction of sp³-hybridized carbons (Fsp3) is 0.500. The lowest BCUT2D eigenvalue weighted by Crippen LogP contribution is -2.29. The van der Waals surface area contributed by atoms with Crippen molar-refractivity contribution in [3.8, 4) is 0 Å². The molecule has 1 fully saturated rings. The van der Waals surface area contributed by atoms with E-state index in [9.17, 15) is 9.59 Å². The van der Waals surface area contributed by atoms with Crippen molar-refractivity contribution in [3.63, 3.8) is 0 Å². The van der Waals surface area contributed by atoms with Gasteiger partial charge in [-0.15, -0.1) is 0 Å². The fourth-order valence-electron chi connectivity index (χ4n) is 3.10. The maximum Gasteiger partial charge on any atom is 0.336 e.